The number of benzene rings is 1. The number of rotatable bonds is 1. The van der Waals surface area contributed by atoms with E-state index in [4.69, 9.17) is 0 Å². The van der Waals surface area contributed by atoms with Gasteiger partial charge in [0.1, 0.15) is 0 Å². The smallest absolute Gasteiger partial charge is 0.0646 e. The van der Waals surface area contributed by atoms with E-state index in [2.05, 4.69) is 46.6 Å². The second-order valence-electron chi connectivity index (χ2n) is 3.39. The Morgan fingerprint density at radius 1 is 1.31 bits per heavy atom. The van der Waals surface area contributed by atoms with Gasteiger partial charge in [-0.15, -0.1) is 0 Å². The highest BCUT2D eigenvalue weighted by molar-refractivity contribution is 7.78. The van der Waals surface area contributed by atoms with Crippen molar-refractivity contribution < 1.29 is 0 Å². The van der Waals surface area contributed by atoms with E-state index in [-0.39, 0.29) is 0 Å². The van der Waals surface area contributed by atoms with Crippen molar-refractivity contribution in [2.45, 2.75) is 25.3 Å². The van der Waals surface area contributed by atoms with Gasteiger partial charge < -0.3 is 0 Å². The largest absolute Gasteiger partial charge is 0.229 e. The van der Waals surface area contributed by atoms with Crippen LogP contribution in [-0.2, 0) is 12.8 Å². The Morgan fingerprint density at radius 2 is 2.08 bits per heavy atom. The quantitative estimate of drug-likeness (QED) is 0.488. The predicted molar refractivity (Wildman–Crippen MR) is 57.3 cm³/mol. The zero-order valence-electron chi connectivity index (χ0n) is 7.36. The van der Waals surface area contributed by atoms with Crippen LogP contribution < -0.4 is 0 Å². The van der Waals surface area contributed by atoms with E-state index in [1.54, 1.807) is 0 Å². The molecule has 1 atom stereocenters. The SMILES string of the molecule is S=C=N[C@H]1CCc2ccccc2C1. The van der Waals surface area contributed by atoms with Crippen LogP contribution in [0.3, 0.4) is 0 Å². The fourth-order valence-corrected chi connectivity index (χ4v) is 2.01. The summed E-state index contributed by atoms with van der Waals surface area (Å²) in [7, 11) is 0. The topological polar surface area (TPSA) is 12.4 Å². The molecule has 0 heterocycles. The monoisotopic (exact) mass is 189 g/mol. The Kier molecular flexibility index (Phi) is 2.53. The number of nitrogens with zero attached hydrogens (tertiary/aromatic N) is 1. The van der Waals surface area contributed by atoms with Gasteiger partial charge in [0.2, 0.25) is 0 Å². The Hall–Kier alpha value is -0.980. The predicted octanol–water partition coefficient (Wildman–Crippen LogP) is 2.65. The molecule has 0 spiro atoms. The minimum atomic E-state index is 0.368. The molecule has 0 unspecified atom stereocenters. The highest BCUT2D eigenvalue weighted by Gasteiger charge is 2.16. The summed E-state index contributed by atoms with van der Waals surface area (Å²) in [6, 6.07) is 8.93. The summed E-state index contributed by atoms with van der Waals surface area (Å²) in [5, 5.41) is 2.48. The molecule has 2 heteroatoms. The van der Waals surface area contributed by atoms with Gasteiger partial charge in [-0.05, 0) is 42.6 Å². The number of aliphatic imine (C=N–C) groups is 1. The summed E-state index contributed by atoms with van der Waals surface area (Å²) < 4.78 is 0. The van der Waals surface area contributed by atoms with Crippen LogP contribution in [0.15, 0.2) is 29.3 Å². The van der Waals surface area contributed by atoms with Crippen LogP contribution in [0.5, 0.6) is 0 Å². The molecule has 66 valence electrons. The van der Waals surface area contributed by atoms with Crippen LogP contribution in [0.1, 0.15) is 17.5 Å². The molecular weight excluding hydrogens is 178 g/mol. The molecule has 1 aliphatic carbocycles. The molecule has 0 fully saturated rings. The average Bonchev–Trinajstić information content (AvgIpc) is 2.18. The van der Waals surface area contributed by atoms with Gasteiger partial charge in [-0.2, -0.15) is 0 Å². The highest BCUT2D eigenvalue weighted by atomic mass is 32.1. The van der Waals surface area contributed by atoms with E-state index in [9.17, 15) is 0 Å². The van der Waals surface area contributed by atoms with E-state index in [0.717, 1.165) is 19.3 Å². The Labute approximate surface area is 83.5 Å². The van der Waals surface area contributed by atoms with Crippen molar-refractivity contribution in [3.05, 3.63) is 35.4 Å². The summed E-state index contributed by atoms with van der Waals surface area (Å²) in [6.07, 6.45) is 3.27. The molecule has 0 N–H and O–H groups in total. The van der Waals surface area contributed by atoms with Gasteiger partial charge in [0.15, 0.2) is 0 Å². The van der Waals surface area contributed by atoms with Gasteiger partial charge in [0.05, 0.1) is 11.2 Å². The third-order valence-corrected chi connectivity index (χ3v) is 2.66. The second kappa shape index (κ2) is 3.82. The molecule has 0 saturated heterocycles. The normalized spacial score (nSPS) is 20.2. The summed E-state index contributed by atoms with van der Waals surface area (Å²) in [6.45, 7) is 0. The van der Waals surface area contributed by atoms with Crippen molar-refractivity contribution in [1.82, 2.24) is 0 Å². The maximum atomic E-state index is 4.61. The minimum absolute atomic E-state index is 0.368. The number of aryl methyl sites for hydroxylation is 1. The van der Waals surface area contributed by atoms with Gasteiger partial charge in [-0.1, -0.05) is 24.3 Å². The number of thiocarbonyl (C=S) groups is 1. The van der Waals surface area contributed by atoms with Gasteiger partial charge in [0, 0.05) is 0 Å². The van der Waals surface area contributed by atoms with Crippen LogP contribution >= 0.6 is 12.2 Å². The van der Waals surface area contributed by atoms with Crippen LogP contribution in [0.2, 0.25) is 0 Å². The van der Waals surface area contributed by atoms with Crippen molar-refractivity contribution in [1.29, 1.82) is 0 Å². The fourth-order valence-electron chi connectivity index (χ4n) is 1.86. The molecule has 13 heavy (non-hydrogen) atoms. The third kappa shape index (κ3) is 1.85. The fraction of sp³-hybridized carbons (Fsp3) is 0.364. The number of hydrogen-bond acceptors (Lipinski definition) is 2. The summed E-state index contributed by atoms with van der Waals surface area (Å²) in [5.74, 6) is 0. The Balaban J connectivity index is 2.24. The number of fused-ring (bicyclic) bond motifs is 1. The highest BCUT2D eigenvalue weighted by Crippen LogP contribution is 2.22. The van der Waals surface area contributed by atoms with E-state index < -0.39 is 0 Å². The molecule has 0 aromatic heterocycles. The number of hydrogen-bond donors (Lipinski definition) is 0. The van der Waals surface area contributed by atoms with Crippen LogP contribution in [-0.4, -0.2) is 11.2 Å². The van der Waals surface area contributed by atoms with Crippen molar-refractivity contribution in [3.63, 3.8) is 0 Å². The first-order valence-corrected chi connectivity index (χ1v) is 4.95. The summed E-state index contributed by atoms with van der Waals surface area (Å²) in [5.41, 5.74) is 2.89. The van der Waals surface area contributed by atoms with Gasteiger partial charge in [-0.25, -0.2) is 4.99 Å². The van der Waals surface area contributed by atoms with Gasteiger partial charge in [-0.3, -0.25) is 0 Å². The standard InChI is InChI=1S/C11H11NS/c13-8-12-11-6-5-9-3-1-2-4-10(9)7-11/h1-4,11H,5-7H2/t11-/m0/s1. The molecule has 1 aromatic carbocycles. The molecule has 0 amide bonds. The lowest BCUT2D eigenvalue weighted by Gasteiger charge is -2.20. The van der Waals surface area contributed by atoms with Crippen molar-refractivity contribution in [3.8, 4) is 0 Å². The molecule has 2 rings (SSSR count). The first-order chi connectivity index (χ1) is 6.40. The van der Waals surface area contributed by atoms with E-state index >= 15 is 0 Å². The molecule has 0 saturated carbocycles. The average molecular weight is 189 g/mol. The van der Waals surface area contributed by atoms with Gasteiger partial charge >= 0.3 is 0 Å². The molecule has 1 aromatic rings. The van der Waals surface area contributed by atoms with Crippen LogP contribution in [0.4, 0.5) is 0 Å². The maximum absolute atomic E-state index is 4.61. The lowest BCUT2D eigenvalue weighted by molar-refractivity contribution is 0.582. The summed E-state index contributed by atoms with van der Waals surface area (Å²) >= 11 is 4.61. The molecule has 0 radical (unpaired) electrons. The minimum Gasteiger partial charge on any atom is -0.229 e. The van der Waals surface area contributed by atoms with Crippen LogP contribution in [0.25, 0.3) is 0 Å². The maximum Gasteiger partial charge on any atom is 0.0646 e. The van der Waals surface area contributed by atoms with Crippen molar-refractivity contribution >= 4 is 17.4 Å². The lowest BCUT2D eigenvalue weighted by Crippen LogP contribution is -2.16. The first-order valence-electron chi connectivity index (χ1n) is 4.54. The van der Waals surface area contributed by atoms with Crippen LogP contribution in [0, 0.1) is 0 Å². The molecule has 0 bridgehead atoms. The molecule has 0 aliphatic heterocycles. The Morgan fingerprint density at radius 3 is 2.85 bits per heavy atom. The molecule has 1 nitrogen and oxygen atoms in total. The van der Waals surface area contributed by atoms with E-state index in [1.807, 2.05) is 0 Å². The first kappa shape index (κ1) is 8.61. The molecular formula is C11H11NS. The Bertz CT molecular complexity index is 353. The zero-order valence-corrected chi connectivity index (χ0v) is 8.18. The van der Waals surface area contributed by atoms with E-state index in [0.29, 0.717) is 6.04 Å². The van der Waals surface area contributed by atoms with E-state index in [1.165, 1.54) is 11.1 Å². The molecule has 1 aliphatic rings. The third-order valence-electron chi connectivity index (χ3n) is 2.56. The summed E-state index contributed by atoms with van der Waals surface area (Å²) in [4.78, 5) is 4.15. The second-order valence-corrected chi connectivity index (χ2v) is 3.57. The van der Waals surface area contributed by atoms with Gasteiger partial charge in [0.25, 0.3) is 0 Å². The van der Waals surface area contributed by atoms with Crippen molar-refractivity contribution in [2.24, 2.45) is 4.99 Å². The zero-order chi connectivity index (χ0) is 9.10. The van der Waals surface area contributed by atoms with Crippen molar-refractivity contribution in [2.75, 3.05) is 0 Å². The lowest BCUT2D eigenvalue weighted by atomic mass is 9.89. The number of isothiocyanates is 1.